The van der Waals surface area contributed by atoms with Crippen LogP contribution in [0.2, 0.25) is 0 Å². The molecular formula is C16H22BrClF2N2O. The molecule has 1 aromatic carbocycles. The van der Waals surface area contributed by atoms with Crippen LogP contribution in [0.4, 0.5) is 8.78 Å². The van der Waals surface area contributed by atoms with Gasteiger partial charge in [-0.1, -0.05) is 41.6 Å². The van der Waals surface area contributed by atoms with E-state index in [9.17, 15) is 13.6 Å². The predicted octanol–water partition coefficient (Wildman–Crippen LogP) is 4.19. The molecule has 1 saturated carbocycles. The van der Waals surface area contributed by atoms with E-state index in [1.165, 1.54) is 25.7 Å². The Morgan fingerprint density at radius 3 is 2.22 bits per heavy atom. The number of carbonyl (C=O) groups is 1. The Bertz CT molecular complexity index is 500. The van der Waals surface area contributed by atoms with Crippen LogP contribution in [0, 0.1) is 11.6 Å². The van der Waals surface area contributed by atoms with Crippen molar-refractivity contribution in [2.24, 2.45) is 0 Å². The van der Waals surface area contributed by atoms with Crippen LogP contribution in [-0.4, -0.2) is 25.0 Å². The molecule has 1 amide bonds. The number of halogens is 4. The summed E-state index contributed by atoms with van der Waals surface area (Å²) in [5, 5.41) is 5.96. The monoisotopic (exact) mass is 410 g/mol. The highest BCUT2D eigenvalue weighted by atomic mass is 79.9. The molecule has 0 atom stereocenters. The Hall–Kier alpha value is -0.720. The first-order chi connectivity index (χ1) is 10.6. The lowest BCUT2D eigenvalue weighted by molar-refractivity contribution is 0.0945. The minimum Gasteiger partial charge on any atom is -0.351 e. The highest BCUT2D eigenvalue weighted by Gasteiger charge is 2.18. The van der Waals surface area contributed by atoms with Gasteiger partial charge in [-0.2, -0.15) is 0 Å². The fourth-order valence-electron chi connectivity index (χ4n) is 2.78. The first-order valence-electron chi connectivity index (χ1n) is 7.74. The molecule has 23 heavy (non-hydrogen) atoms. The van der Waals surface area contributed by atoms with Gasteiger partial charge in [-0.25, -0.2) is 8.78 Å². The lowest BCUT2D eigenvalue weighted by Gasteiger charge is -2.16. The molecule has 0 unspecified atom stereocenters. The first-order valence-corrected chi connectivity index (χ1v) is 8.53. The maximum Gasteiger partial charge on any atom is 0.257 e. The van der Waals surface area contributed by atoms with E-state index in [4.69, 9.17) is 0 Å². The third-order valence-corrected chi connectivity index (χ3v) is 4.39. The molecule has 1 aromatic rings. The Labute approximate surface area is 150 Å². The fourth-order valence-corrected chi connectivity index (χ4v) is 3.19. The van der Waals surface area contributed by atoms with Gasteiger partial charge in [0.25, 0.3) is 5.91 Å². The van der Waals surface area contributed by atoms with Crippen LogP contribution in [0.25, 0.3) is 0 Å². The third kappa shape index (κ3) is 6.36. The standard InChI is InChI=1S/C16H21BrF2N2O.ClH/c17-11-9-13(18)15(14(19)10-11)16(22)21-8-7-20-12-5-3-1-2-4-6-12;/h9-10,12,20H,1-8H2,(H,21,22);1H. The molecule has 0 heterocycles. The van der Waals surface area contributed by atoms with Gasteiger partial charge >= 0.3 is 0 Å². The number of hydrogen-bond donors (Lipinski definition) is 2. The molecule has 0 radical (unpaired) electrons. The van der Waals surface area contributed by atoms with Crippen molar-refractivity contribution in [1.29, 1.82) is 0 Å². The zero-order valence-corrected chi connectivity index (χ0v) is 15.2. The molecule has 1 fully saturated rings. The molecule has 1 aliphatic rings. The van der Waals surface area contributed by atoms with Crippen molar-refractivity contribution < 1.29 is 13.6 Å². The molecular weight excluding hydrogens is 390 g/mol. The van der Waals surface area contributed by atoms with Crippen LogP contribution in [0.1, 0.15) is 48.9 Å². The van der Waals surface area contributed by atoms with Crippen LogP contribution in [0.15, 0.2) is 16.6 Å². The van der Waals surface area contributed by atoms with Crippen molar-refractivity contribution >= 4 is 34.2 Å². The van der Waals surface area contributed by atoms with E-state index in [0.717, 1.165) is 25.0 Å². The van der Waals surface area contributed by atoms with E-state index in [2.05, 4.69) is 26.6 Å². The van der Waals surface area contributed by atoms with E-state index in [-0.39, 0.29) is 16.9 Å². The number of benzene rings is 1. The fraction of sp³-hybridized carbons (Fsp3) is 0.562. The van der Waals surface area contributed by atoms with Crippen LogP contribution in [-0.2, 0) is 0 Å². The zero-order chi connectivity index (χ0) is 15.9. The van der Waals surface area contributed by atoms with Crippen molar-refractivity contribution in [3.63, 3.8) is 0 Å². The van der Waals surface area contributed by atoms with Gasteiger partial charge in [0.05, 0.1) is 0 Å². The first kappa shape index (κ1) is 20.3. The summed E-state index contributed by atoms with van der Waals surface area (Å²) < 4.78 is 27.6. The van der Waals surface area contributed by atoms with Gasteiger partial charge in [-0.3, -0.25) is 4.79 Å². The summed E-state index contributed by atoms with van der Waals surface area (Å²) in [4.78, 5) is 11.9. The maximum absolute atomic E-state index is 13.7. The number of nitrogens with one attached hydrogen (secondary N) is 2. The summed E-state index contributed by atoms with van der Waals surface area (Å²) in [6, 6.07) is 2.66. The second-order valence-electron chi connectivity index (χ2n) is 5.64. The van der Waals surface area contributed by atoms with Gasteiger partial charge in [0, 0.05) is 23.6 Å². The summed E-state index contributed by atoms with van der Waals surface area (Å²) in [5.74, 6) is -2.44. The predicted molar refractivity (Wildman–Crippen MR) is 93.1 cm³/mol. The molecule has 2 rings (SSSR count). The van der Waals surface area contributed by atoms with Gasteiger partial charge in [-0.05, 0) is 25.0 Å². The second kappa shape index (κ2) is 10.2. The van der Waals surface area contributed by atoms with E-state index in [1.807, 2.05) is 0 Å². The van der Waals surface area contributed by atoms with Gasteiger partial charge < -0.3 is 10.6 Å². The lowest BCUT2D eigenvalue weighted by Crippen LogP contribution is -2.37. The number of carbonyl (C=O) groups excluding carboxylic acids is 1. The highest BCUT2D eigenvalue weighted by Crippen LogP contribution is 2.19. The lowest BCUT2D eigenvalue weighted by atomic mass is 10.1. The summed E-state index contributed by atoms with van der Waals surface area (Å²) in [7, 11) is 0. The number of hydrogen-bond acceptors (Lipinski definition) is 2. The Kier molecular flexibility index (Phi) is 9.02. The van der Waals surface area contributed by atoms with Crippen molar-refractivity contribution in [1.82, 2.24) is 10.6 Å². The van der Waals surface area contributed by atoms with Crippen LogP contribution in [0.3, 0.4) is 0 Å². The van der Waals surface area contributed by atoms with E-state index >= 15 is 0 Å². The molecule has 0 bridgehead atoms. The minimum absolute atomic E-state index is 0. The molecule has 7 heteroatoms. The SMILES string of the molecule is Cl.O=C(NCCNC1CCCCCC1)c1c(F)cc(Br)cc1F. The molecule has 0 saturated heterocycles. The zero-order valence-electron chi connectivity index (χ0n) is 12.8. The largest absolute Gasteiger partial charge is 0.351 e. The van der Waals surface area contributed by atoms with E-state index in [0.29, 0.717) is 19.1 Å². The number of rotatable bonds is 5. The maximum atomic E-state index is 13.7. The average Bonchev–Trinajstić information content (AvgIpc) is 2.71. The van der Waals surface area contributed by atoms with Crippen molar-refractivity contribution in [3.8, 4) is 0 Å². The van der Waals surface area contributed by atoms with Crippen molar-refractivity contribution in [2.45, 2.75) is 44.6 Å². The van der Waals surface area contributed by atoms with E-state index < -0.39 is 23.1 Å². The Balaban J connectivity index is 0.00000264. The molecule has 1 aliphatic carbocycles. The molecule has 0 spiro atoms. The Morgan fingerprint density at radius 1 is 1.09 bits per heavy atom. The van der Waals surface area contributed by atoms with Crippen molar-refractivity contribution in [3.05, 3.63) is 33.8 Å². The molecule has 2 N–H and O–H groups in total. The summed E-state index contributed by atoms with van der Waals surface area (Å²) in [5.41, 5.74) is -0.530. The highest BCUT2D eigenvalue weighted by molar-refractivity contribution is 9.10. The topological polar surface area (TPSA) is 41.1 Å². The minimum atomic E-state index is -0.860. The Morgan fingerprint density at radius 2 is 1.65 bits per heavy atom. The molecule has 0 aliphatic heterocycles. The van der Waals surface area contributed by atoms with Crippen molar-refractivity contribution in [2.75, 3.05) is 13.1 Å². The molecule has 130 valence electrons. The van der Waals surface area contributed by atoms with Gasteiger partial charge in [-0.15, -0.1) is 12.4 Å². The normalized spacial score (nSPS) is 15.6. The van der Waals surface area contributed by atoms with Gasteiger partial charge in [0.15, 0.2) is 0 Å². The van der Waals surface area contributed by atoms with E-state index in [1.54, 1.807) is 0 Å². The number of amides is 1. The smallest absolute Gasteiger partial charge is 0.257 e. The van der Waals surface area contributed by atoms with Crippen LogP contribution in [0.5, 0.6) is 0 Å². The third-order valence-electron chi connectivity index (χ3n) is 3.93. The molecule has 0 aromatic heterocycles. The summed E-state index contributed by atoms with van der Waals surface area (Å²) in [6.07, 6.45) is 7.36. The molecule has 3 nitrogen and oxygen atoms in total. The second-order valence-corrected chi connectivity index (χ2v) is 6.56. The van der Waals surface area contributed by atoms with Gasteiger partial charge in [0.1, 0.15) is 17.2 Å². The van der Waals surface area contributed by atoms with Gasteiger partial charge in [0.2, 0.25) is 0 Å². The quantitative estimate of drug-likeness (QED) is 0.563. The average molecular weight is 412 g/mol. The summed E-state index contributed by atoms with van der Waals surface area (Å²) >= 11 is 2.99. The summed E-state index contributed by atoms with van der Waals surface area (Å²) in [6.45, 7) is 0.959. The van der Waals surface area contributed by atoms with Crippen LogP contribution < -0.4 is 10.6 Å². The van der Waals surface area contributed by atoms with Crippen LogP contribution >= 0.6 is 28.3 Å².